The molecule has 1 aromatic carbocycles. The number of benzene rings is 1. The van der Waals surface area contributed by atoms with E-state index in [9.17, 15) is 15.2 Å². The molecule has 1 aliphatic rings. The minimum Gasteiger partial charge on any atom is -0.393 e. The van der Waals surface area contributed by atoms with E-state index in [4.69, 9.17) is 23.2 Å². The highest BCUT2D eigenvalue weighted by molar-refractivity contribution is 6.39. The molecule has 0 aromatic heterocycles. The molecular weight excluding hydrogens is 303 g/mol. The number of aliphatic hydroxyl groups excluding tert-OH is 1. The molecule has 0 amide bonds. The molecule has 20 heavy (non-hydrogen) atoms. The molecule has 110 valence electrons. The Bertz CT molecular complexity index is 487. The summed E-state index contributed by atoms with van der Waals surface area (Å²) in [5.74, 6) is 0.158. The third kappa shape index (κ3) is 3.53. The standard InChI is InChI=1S/C13H16Cl2N2O3/c14-10-5-9(17(19)20)6-11(15)13(10)16-7-8-3-1-2-4-12(8)18/h5-6,8,12,16,18H,1-4,7H2. The van der Waals surface area contributed by atoms with Gasteiger partial charge in [0.05, 0.1) is 26.8 Å². The van der Waals surface area contributed by atoms with Crippen LogP contribution in [0.2, 0.25) is 10.0 Å². The first-order chi connectivity index (χ1) is 9.49. The molecule has 2 rings (SSSR count). The Labute approximate surface area is 127 Å². The van der Waals surface area contributed by atoms with E-state index >= 15 is 0 Å². The van der Waals surface area contributed by atoms with E-state index in [1.54, 1.807) is 0 Å². The Kier molecular flexibility index (Phi) is 5.07. The smallest absolute Gasteiger partial charge is 0.272 e. The van der Waals surface area contributed by atoms with Crippen molar-refractivity contribution in [2.45, 2.75) is 31.8 Å². The van der Waals surface area contributed by atoms with Crippen LogP contribution in [0.4, 0.5) is 11.4 Å². The molecule has 0 saturated heterocycles. The number of nitro benzene ring substituents is 1. The maximum Gasteiger partial charge on any atom is 0.272 e. The first-order valence-corrected chi connectivity index (χ1v) is 7.30. The van der Waals surface area contributed by atoms with Gasteiger partial charge in [0.25, 0.3) is 5.69 Å². The summed E-state index contributed by atoms with van der Waals surface area (Å²) >= 11 is 12.0. The lowest BCUT2D eigenvalue weighted by Gasteiger charge is -2.28. The second kappa shape index (κ2) is 6.61. The van der Waals surface area contributed by atoms with Crippen molar-refractivity contribution in [3.63, 3.8) is 0 Å². The van der Waals surface area contributed by atoms with Crippen molar-refractivity contribution >= 4 is 34.6 Å². The van der Waals surface area contributed by atoms with Gasteiger partial charge in [-0.1, -0.05) is 36.0 Å². The second-order valence-electron chi connectivity index (χ2n) is 5.03. The van der Waals surface area contributed by atoms with Crippen molar-refractivity contribution in [3.05, 3.63) is 32.3 Å². The van der Waals surface area contributed by atoms with E-state index in [0.29, 0.717) is 12.2 Å². The van der Waals surface area contributed by atoms with Crippen molar-refractivity contribution in [1.29, 1.82) is 0 Å². The fourth-order valence-corrected chi connectivity index (χ4v) is 3.10. The van der Waals surface area contributed by atoms with E-state index in [2.05, 4.69) is 5.32 Å². The topological polar surface area (TPSA) is 75.4 Å². The maximum absolute atomic E-state index is 10.7. The van der Waals surface area contributed by atoms with Crippen LogP contribution in [0.15, 0.2) is 12.1 Å². The molecule has 2 N–H and O–H groups in total. The summed E-state index contributed by atoms with van der Waals surface area (Å²) in [5, 5.41) is 24.1. The quantitative estimate of drug-likeness (QED) is 0.652. The number of aliphatic hydroxyl groups is 1. The van der Waals surface area contributed by atoms with Crippen LogP contribution in [0.1, 0.15) is 25.7 Å². The summed E-state index contributed by atoms with van der Waals surface area (Å²) in [6, 6.07) is 2.54. The van der Waals surface area contributed by atoms with Gasteiger partial charge in [-0.3, -0.25) is 10.1 Å². The number of hydrogen-bond donors (Lipinski definition) is 2. The molecule has 0 bridgehead atoms. The van der Waals surface area contributed by atoms with Gasteiger partial charge in [-0.25, -0.2) is 0 Å². The zero-order valence-electron chi connectivity index (χ0n) is 10.8. The number of rotatable bonds is 4. The molecule has 7 heteroatoms. The number of non-ortho nitro benzene ring substituents is 1. The summed E-state index contributed by atoms with van der Waals surface area (Å²) in [4.78, 5) is 10.2. The molecule has 2 atom stereocenters. The predicted octanol–water partition coefficient (Wildman–Crippen LogP) is 3.86. The molecule has 1 aromatic rings. The Morgan fingerprint density at radius 1 is 1.30 bits per heavy atom. The van der Waals surface area contributed by atoms with Crippen molar-refractivity contribution in [3.8, 4) is 0 Å². The van der Waals surface area contributed by atoms with Gasteiger partial charge in [0.15, 0.2) is 0 Å². The van der Waals surface area contributed by atoms with Gasteiger partial charge in [-0.2, -0.15) is 0 Å². The number of halogens is 2. The van der Waals surface area contributed by atoms with Gasteiger partial charge in [0.1, 0.15) is 0 Å². The first kappa shape index (κ1) is 15.4. The van der Waals surface area contributed by atoms with Crippen molar-refractivity contribution in [2.24, 2.45) is 5.92 Å². The van der Waals surface area contributed by atoms with E-state index in [-0.39, 0.29) is 27.8 Å². The molecular formula is C13H16Cl2N2O3. The summed E-state index contributed by atoms with van der Waals surface area (Å²) in [5.41, 5.74) is 0.347. The largest absolute Gasteiger partial charge is 0.393 e. The lowest BCUT2D eigenvalue weighted by atomic mass is 9.86. The Balaban J connectivity index is 2.07. The normalized spacial score (nSPS) is 22.6. The zero-order valence-corrected chi connectivity index (χ0v) is 12.3. The fraction of sp³-hybridized carbons (Fsp3) is 0.538. The number of nitro groups is 1. The summed E-state index contributed by atoms with van der Waals surface area (Å²) in [7, 11) is 0. The van der Waals surface area contributed by atoms with Gasteiger partial charge in [-0.15, -0.1) is 0 Å². The van der Waals surface area contributed by atoms with Crippen molar-refractivity contribution < 1.29 is 10.0 Å². The number of nitrogens with zero attached hydrogens (tertiary/aromatic N) is 1. The summed E-state index contributed by atoms with van der Waals surface area (Å²) in [6.07, 6.45) is 3.61. The second-order valence-corrected chi connectivity index (χ2v) is 5.85. The van der Waals surface area contributed by atoms with Crippen LogP contribution < -0.4 is 5.32 Å². The SMILES string of the molecule is O=[N+]([O-])c1cc(Cl)c(NCC2CCCCC2O)c(Cl)c1. The highest BCUT2D eigenvalue weighted by Gasteiger charge is 2.23. The predicted molar refractivity (Wildman–Crippen MR) is 79.6 cm³/mol. The molecule has 0 spiro atoms. The molecule has 2 unspecified atom stereocenters. The third-order valence-corrected chi connectivity index (χ3v) is 4.24. The van der Waals surface area contributed by atoms with Gasteiger partial charge >= 0.3 is 0 Å². The van der Waals surface area contributed by atoms with Gasteiger partial charge in [-0.05, 0) is 12.8 Å². The molecule has 0 radical (unpaired) electrons. The highest BCUT2D eigenvalue weighted by Crippen LogP contribution is 2.35. The minimum absolute atomic E-state index is 0.136. The first-order valence-electron chi connectivity index (χ1n) is 6.54. The molecule has 1 aliphatic carbocycles. The number of anilines is 1. The van der Waals surface area contributed by atoms with Crippen LogP contribution in [0.25, 0.3) is 0 Å². The van der Waals surface area contributed by atoms with E-state index in [1.165, 1.54) is 12.1 Å². The molecule has 1 saturated carbocycles. The van der Waals surface area contributed by atoms with Crippen molar-refractivity contribution in [1.82, 2.24) is 0 Å². The molecule has 5 nitrogen and oxygen atoms in total. The monoisotopic (exact) mass is 318 g/mol. The average Bonchev–Trinajstić information content (AvgIpc) is 2.39. The van der Waals surface area contributed by atoms with Crippen LogP contribution in [0.3, 0.4) is 0 Å². The number of hydrogen-bond acceptors (Lipinski definition) is 4. The minimum atomic E-state index is -0.535. The van der Waals surface area contributed by atoms with E-state index < -0.39 is 4.92 Å². The Morgan fingerprint density at radius 2 is 1.90 bits per heavy atom. The Hall–Kier alpha value is -1.04. The summed E-state index contributed by atoms with van der Waals surface area (Å²) in [6.45, 7) is 0.554. The summed E-state index contributed by atoms with van der Waals surface area (Å²) < 4.78 is 0. The third-order valence-electron chi connectivity index (χ3n) is 3.65. The van der Waals surface area contributed by atoms with E-state index in [1.807, 2.05) is 0 Å². The average molecular weight is 319 g/mol. The maximum atomic E-state index is 10.7. The van der Waals surface area contributed by atoms with Crippen molar-refractivity contribution in [2.75, 3.05) is 11.9 Å². The highest BCUT2D eigenvalue weighted by atomic mass is 35.5. The van der Waals surface area contributed by atoms with Crippen LogP contribution >= 0.6 is 23.2 Å². The van der Waals surface area contributed by atoms with Gasteiger partial charge in [0, 0.05) is 24.6 Å². The zero-order chi connectivity index (χ0) is 14.7. The number of nitrogens with one attached hydrogen (secondary N) is 1. The molecule has 0 aliphatic heterocycles. The molecule has 1 fully saturated rings. The van der Waals surface area contributed by atoms with E-state index in [0.717, 1.165) is 25.7 Å². The Morgan fingerprint density at radius 3 is 2.45 bits per heavy atom. The van der Waals surface area contributed by atoms with Crippen LogP contribution in [-0.4, -0.2) is 22.7 Å². The lowest BCUT2D eigenvalue weighted by Crippen LogP contribution is -2.30. The van der Waals surface area contributed by atoms with Crippen LogP contribution in [0, 0.1) is 16.0 Å². The van der Waals surface area contributed by atoms with Crippen LogP contribution in [0.5, 0.6) is 0 Å². The van der Waals surface area contributed by atoms with Gasteiger partial charge < -0.3 is 10.4 Å². The van der Waals surface area contributed by atoms with Crippen LogP contribution in [-0.2, 0) is 0 Å². The molecule has 0 heterocycles. The fourth-order valence-electron chi connectivity index (χ4n) is 2.49. The van der Waals surface area contributed by atoms with Gasteiger partial charge in [0.2, 0.25) is 0 Å². The lowest BCUT2D eigenvalue weighted by molar-refractivity contribution is -0.384.